The molecule has 0 radical (unpaired) electrons. The monoisotopic (exact) mass is 235 g/mol. The second-order valence-electron chi connectivity index (χ2n) is 4.49. The average molecular weight is 235 g/mol. The van der Waals surface area contributed by atoms with Crippen LogP contribution in [0.3, 0.4) is 0 Å². The van der Waals surface area contributed by atoms with E-state index in [1.165, 1.54) is 18.4 Å². The third kappa shape index (κ3) is 6.44. The molecule has 1 aromatic rings. The van der Waals surface area contributed by atoms with Gasteiger partial charge in [-0.25, -0.2) is 0 Å². The van der Waals surface area contributed by atoms with Gasteiger partial charge < -0.3 is 5.11 Å². The lowest BCUT2D eigenvalue weighted by Gasteiger charge is -2.20. The molecule has 0 fully saturated rings. The molecule has 0 bridgehead atoms. The molecule has 2 heteroatoms. The summed E-state index contributed by atoms with van der Waals surface area (Å²) in [5.74, 6) is 0. The van der Waals surface area contributed by atoms with E-state index in [1.807, 2.05) is 0 Å². The Bertz CT molecular complexity index is 274. The minimum atomic E-state index is 0.335. The van der Waals surface area contributed by atoms with Crippen molar-refractivity contribution in [2.24, 2.45) is 0 Å². The number of unbranched alkanes of at least 4 members (excludes halogenated alkanes) is 3. The molecule has 0 atom stereocenters. The predicted molar refractivity (Wildman–Crippen MR) is 72.9 cm³/mol. The molecular formula is C15H25NO. The van der Waals surface area contributed by atoms with Gasteiger partial charge in [0.2, 0.25) is 0 Å². The first kappa shape index (κ1) is 14.2. The number of aliphatic hydroxyl groups excluding tert-OH is 1. The normalized spacial score (nSPS) is 11.0. The van der Waals surface area contributed by atoms with Gasteiger partial charge in [-0.3, -0.25) is 4.90 Å². The van der Waals surface area contributed by atoms with Gasteiger partial charge in [0.05, 0.1) is 0 Å². The van der Waals surface area contributed by atoms with Crippen molar-refractivity contribution in [3.8, 4) is 0 Å². The zero-order valence-corrected chi connectivity index (χ0v) is 10.9. The van der Waals surface area contributed by atoms with E-state index in [-0.39, 0.29) is 0 Å². The topological polar surface area (TPSA) is 23.5 Å². The van der Waals surface area contributed by atoms with Gasteiger partial charge in [0.25, 0.3) is 0 Å². The lowest BCUT2D eigenvalue weighted by atomic mass is 10.1. The molecule has 0 aliphatic heterocycles. The predicted octanol–water partition coefficient (Wildman–Crippen LogP) is 3.06. The van der Waals surface area contributed by atoms with E-state index in [0.717, 1.165) is 32.5 Å². The van der Waals surface area contributed by atoms with Crippen molar-refractivity contribution >= 4 is 0 Å². The Kier molecular flexibility index (Phi) is 7.69. The van der Waals surface area contributed by atoms with Gasteiger partial charge in [-0.1, -0.05) is 50.1 Å². The summed E-state index contributed by atoms with van der Waals surface area (Å²) in [5.41, 5.74) is 1.39. The fourth-order valence-corrected chi connectivity index (χ4v) is 1.99. The molecule has 0 unspecified atom stereocenters. The summed E-state index contributed by atoms with van der Waals surface area (Å²) in [6.07, 6.45) is 4.57. The second-order valence-corrected chi connectivity index (χ2v) is 4.49. The van der Waals surface area contributed by atoms with E-state index >= 15 is 0 Å². The number of hydrogen-bond acceptors (Lipinski definition) is 2. The first-order chi connectivity index (χ1) is 8.36. The van der Waals surface area contributed by atoms with Gasteiger partial charge >= 0.3 is 0 Å². The second kappa shape index (κ2) is 9.20. The van der Waals surface area contributed by atoms with E-state index in [0.29, 0.717) is 6.61 Å². The van der Waals surface area contributed by atoms with Crippen LogP contribution >= 0.6 is 0 Å². The first-order valence-electron chi connectivity index (χ1n) is 6.74. The fourth-order valence-electron chi connectivity index (χ4n) is 1.99. The van der Waals surface area contributed by atoms with Crippen molar-refractivity contribution in [3.63, 3.8) is 0 Å². The Balaban J connectivity index is 2.20. The first-order valence-corrected chi connectivity index (χ1v) is 6.74. The molecule has 17 heavy (non-hydrogen) atoms. The number of rotatable bonds is 9. The van der Waals surface area contributed by atoms with Crippen LogP contribution in [-0.2, 0) is 6.54 Å². The molecule has 0 aromatic heterocycles. The van der Waals surface area contributed by atoms with E-state index in [9.17, 15) is 0 Å². The van der Waals surface area contributed by atoms with Crippen LogP contribution in [0.15, 0.2) is 30.3 Å². The third-order valence-electron chi connectivity index (χ3n) is 3.08. The van der Waals surface area contributed by atoms with Crippen LogP contribution in [0.4, 0.5) is 0 Å². The minimum absolute atomic E-state index is 0.335. The SMILES string of the molecule is CCN(CCCCCCO)Cc1ccccc1. The molecule has 0 spiro atoms. The van der Waals surface area contributed by atoms with Gasteiger partial charge in [0, 0.05) is 13.2 Å². The number of nitrogens with zero attached hydrogens (tertiary/aromatic N) is 1. The molecule has 2 nitrogen and oxygen atoms in total. The van der Waals surface area contributed by atoms with Gasteiger partial charge in [-0.2, -0.15) is 0 Å². The fraction of sp³-hybridized carbons (Fsp3) is 0.600. The smallest absolute Gasteiger partial charge is 0.0431 e. The van der Waals surface area contributed by atoms with Crippen molar-refractivity contribution in [3.05, 3.63) is 35.9 Å². The van der Waals surface area contributed by atoms with Crippen molar-refractivity contribution in [2.75, 3.05) is 19.7 Å². The van der Waals surface area contributed by atoms with Crippen molar-refractivity contribution in [1.82, 2.24) is 4.90 Å². The molecule has 1 aromatic carbocycles. The minimum Gasteiger partial charge on any atom is -0.396 e. The van der Waals surface area contributed by atoms with Crippen molar-refractivity contribution < 1.29 is 5.11 Å². The van der Waals surface area contributed by atoms with Gasteiger partial charge in [-0.15, -0.1) is 0 Å². The maximum absolute atomic E-state index is 8.71. The zero-order chi connectivity index (χ0) is 12.3. The molecule has 0 amide bonds. The van der Waals surface area contributed by atoms with Crippen molar-refractivity contribution in [2.45, 2.75) is 39.2 Å². The molecule has 1 N–H and O–H groups in total. The van der Waals surface area contributed by atoms with Crippen LogP contribution in [0.1, 0.15) is 38.2 Å². The standard InChI is InChI=1S/C15H25NO/c1-2-16(12-8-3-4-9-13-17)14-15-10-6-5-7-11-15/h5-7,10-11,17H,2-4,8-9,12-14H2,1H3. The van der Waals surface area contributed by atoms with Gasteiger partial charge in [0.15, 0.2) is 0 Å². The zero-order valence-electron chi connectivity index (χ0n) is 10.9. The Morgan fingerprint density at radius 2 is 1.71 bits per heavy atom. The Morgan fingerprint density at radius 1 is 1.00 bits per heavy atom. The van der Waals surface area contributed by atoms with E-state index in [2.05, 4.69) is 42.2 Å². The van der Waals surface area contributed by atoms with Crippen LogP contribution in [0.25, 0.3) is 0 Å². The quantitative estimate of drug-likeness (QED) is 0.665. The van der Waals surface area contributed by atoms with Crippen LogP contribution in [-0.4, -0.2) is 29.7 Å². The summed E-state index contributed by atoms with van der Waals surface area (Å²) in [6, 6.07) is 10.6. The highest BCUT2D eigenvalue weighted by atomic mass is 16.2. The van der Waals surface area contributed by atoms with Crippen LogP contribution in [0.5, 0.6) is 0 Å². The summed E-state index contributed by atoms with van der Waals surface area (Å²) >= 11 is 0. The average Bonchev–Trinajstić information content (AvgIpc) is 2.38. The Hall–Kier alpha value is -0.860. The van der Waals surface area contributed by atoms with E-state index in [1.54, 1.807) is 0 Å². The summed E-state index contributed by atoms with van der Waals surface area (Å²) < 4.78 is 0. The number of hydrogen-bond donors (Lipinski definition) is 1. The van der Waals surface area contributed by atoms with Crippen LogP contribution < -0.4 is 0 Å². The molecule has 0 saturated carbocycles. The highest BCUT2D eigenvalue weighted by Crippen LogP contribution is 2.07. The summed E-state index contributed by atoms with van der Waals surface area (Å²) in [7, 11) is 0. The lowest BCUT2D eigenvalue weighted by molar-refractivity contribution is 0.262. The van der Waals surface area contributed by atoms with E-state index < -0.39 is 0 Å². The van der Waals surface area contributed by atoms with Crippen LogP contribution in [0, 0.1) is 0 Å². The molecule has 1 rings (SSSR count). The van der Waals surface area contributed by atoms with Gasteiger partial charge in [-0.05, 0) is 31.5 Å². The summed E-state index contributed by atoms with van der Waals surface area (Å²) in [4.78, 5) is 2.48. The Morgan fingerprint density at radius 3 is 2.35 bits per heavy atom. The number of benzene rings is 1. The molecule has 96 valence electrons. The molecule has 0 heterocycles. The summed E-state index contributed by atoms with van der Waals surface area (Å²) in [5, 5.41) is 8.71. The maximum atomic E-state index is 8.71. The van der Waals surface area contributed by atoms with E-state index in [4.69, 9.17) is 5.11 Å². The molecule has 0 aliphatic rings. The Labute approximate surface area is 105 Å². The third-order valence-corrected chi connectivity index (χ3v) is 3.08. The highest BCUT2D eigenvalue weighted by Gasteiger charge is 2.02. The largest absolute Gasteiger partial charge is 0.396 e. The molecular weight excluding hydrogens is 210 g/mol. The molecule has 0 saturated heterocycles. The van der Waals surface area contributed by atoms with Gasteiger partial charge in [0.1, 0.15) is 0 Å². The summed E-state index contributed by atoms with van der Waals surface area (Å²) in [6.45, 7) is 5.88. The highest BCUT2D eigenvalue weighted by molar-refractivity contribution is 5.14. The number of aliphatic hydroxyl groups is 1. The maximum Gasteiger partial charge on any atom is 0.0431 e. The molecule has 0 aliphatic carbocycles. The van der Waals surface area contributed by atoms with Crippen LogP contribution in [0.2, 0.25) is 0 Å². The lowest BCUT2D eigenvalue weighted by Crippen LogP contribution is -2.23. The van der Waals surface area contributed by atoms with Crippen molar-refractivity contribution in [1.29, 1.82) is 0 Å².